The van der Waals surface area contributed by atoms with E-state index in [1.54, 1.807) is 0 Å². The molecule has 0 spiro atoms. The lowest BCUT2D eigenvalue weighted by Gasteiger charge is -2.59. The summed E-state index contributed by atoms with van der Waals surface area (Å²) in [6.07, 6.45) is -6.97. The highest BCUT2D eigenvalue weighted by Crippen LogP contribution is 2.63. The first-order valence-corrected chi connectivity index (χ1v) is 13.4. The van der Waals surface area contributed by atoms with Crippen LogP contribution >= 0.6 is 0 Å². The van der Waals surface area contributed by atoms with Crippen LogP contribution in [0.15, 0.2) is 23.1 Å². The lowest BCUT2D eigenvalue weighted by molar-refractivity contribution is -0.152. The van der Waals surface area contributed by atoms with Crippen molar-refractivity contribution in [3.05, 3.63) is 29.3 Å². The van der Waals surface area contributed by atoms with E-state index in [0.717, 1.165) is 19.3 Å². The predicted molar refractivity (Wildman–Crippen MR) is 119 cm³/mol. The normalized spacial score (nSPS) is 29.9. The van der Waals surface area contributed by atoms with Crippen molar-refractivity contribution < 1.29 is 44.3 Å². The molecule has 37 heavy (non-hydrogen) atoms. The molecule has 4 fully saturated rings. The SMILES string of the molecule is CC(C)(NS(=O)(=O)c1cc(C(F)(F)F)ccc1C(F)(F)F)C(=O)CC1C2CC3CC1CC(C(N)=O)(C3)C2. The van der Waals surface area contributed by atoms with Gasteiger partial charge in [-0.2, -0.15) is 31.1 Å². The van der Waals surface area contributed by atoms with Crippen molar-refractivity contribution in [2.75, 3.05) is 0 Å². The molecule has 13 heteroatoms. The van der Waals surface area contributed by atoms with Gasteiger partial charge in [0.15, 0.2) is 5.78 Å². The number of carbonyl (C=O) groups excluding carboxylic acids is 2. The molecule has 1 amide bonds. The highest BCUT2D eigenvalue weighted by Gasteiger charge is 2.58. The zero-order valence-corrected chi connectivity index (χ0v) is 21.0. The van der Waals surface area contributed by atoms with Gasteiger partial charge in [0.1, 0.15) is 0 Å². The summed E-state index contributed by atoms with van der Waals surface area (Å²) >= 11 is 0. The molecule has 0 aliphatic heterocycles. The maximum absolute atomic E-state index is 13.5. The second-order valence-corrected chi connectivity index (χ2v) is 13.0. The Bertz CT molecular complexity index is 1210. The summed E-state index contributed by atoms with van der Waals surface area (Å²) in [4.78, 5) is 23.8. The maximum Gasteiger partial charge on any atom is 0.417 e. The molecule has 0 saturated heterocycles. The van der Waals surface area contributed by atoms with Gasteiger partial charge < -0.3 is 5.73 Å². The molecular weight excluding hydrogens is 526 g/mol. The Morgan fingerprint density at radius 3 is 2.05 bits per heavy atom. The Morgan fingerprint density at radius 2 is 1.57 bits per heavy atom. The van der Waals surface area contributed by atoms with E-state index in [9.17, 15) is 44.3 Å². The molecule has 0 radical (unpaired) electrons. The summed E-state index contributed by atoms with van der Waals surface area (Å²) in [5.41, 5.74) is -0.147. The van der Waals surface area contributed by atoms with E-state index in [1.165, 1.54) is 13.8 Å². The monoisotopic (exact) mass is 554 g/mol. The van der Waals surface area contributed by atoms with Gasteiger partial charge in [-0.15, -0.1) is 0 Å². The highest BCUT2D eigenvalue weighted by atomic mass is 32.2. The quantitative estimate of drug-likeness (QED) is 0.478. The van der Waals surface area contributed by atoms with Crippen LogP contribution in [0.5, 0.6) is 0 Å². The van der Waals surface area contributed by atoms with Crippen LogP contribution in [0.1, 0.15) is 63.5 Å². The third kappa shape index (κ3) is 5.13. The number of benzene rings is 1. The molecule has 4 aliphatic rings. The molecule has 206 valence electrons. The molecule has 4 bridgehead atoms. The second-order valence-electron chi connectivity index (χ2n) is 11.3. The number of sulfonamides is 1. The average molecular weight is 555 g/mol. The van der Waals surface area contributed by atoms with Gasteiger partial charge in [0.2, 0.25) is 15.9 Å². The van der Waals surface area contributed by atoms with Gasteiger partial charge in [-0.05, 0) is 87.8 Å². The molecule has 2 unspecified atom stereocenters. The number of carbonyl (C=O) groups is 2. The number of rotatable bonds is 7. The van der Waals surface area contributed by atoms with Crippen molar-refractivity contribution in [2.45, 2.75) is 75.2 Å². The van der Waals surface area contributed by atoms with Crippen molar-refractivity contribution >= 4 is 21.7 Å². The van der Waals surface area contributed by atoms with Gasteiger partial charge in [-0.3, -0.25) is 9.59 Å². The molecule has 0 aromatic heterocycles. The van der Waals surface area contributed by atoms with Gasteiger partial charge in [0, 0.05) is 11.8 Å². The van der Waals surface area contributed by atoms with Crippen LogP contribution in [0, 0.1) is 29.1 Å². The number of Topliss-reactive ketones (excluding diaryl/α,β-unsaturated/α-hetero) is 1. The summed E-state index contributed by atoms with van der Waals surface area (Å²) < 4.78 is 108. The number of ketones is 1. The minimum Gasteiger partial charge on any atom is -0.369 e. The fraction of sp³-hybridized carbons (Fsp3) is 0.667. The number of primary amides is 1. The summed E-state index contributed by atoms with van der Waals surface area (Å²) in [5, 5.41) is 0. The number of alkyl halides is 6. The average Bonchev–Trinajstić information content (AvgIpc) is 2.73. The van der Waals surface area contributed by atoms with Gasteiger partial charge in [0.25, 0.3) is 0 Å². The Hall–Kier alpha value is -2.15. The first-order valence-electron chi connectivity index (χ1n) is 11.9. The zero-order valence-electron chi connectivity index (χ0n) is 20.2. The van der Waals surface area contributed by atoms with E-state index < -0.39 is 55.1 Å². The van der Waals surface area contributed by atoms with Gasteiger partial charge in [-0.1, -0.05) is 0 Å². The summed E-state index contributed by atoms with van der Waals surface area (Å²) in [5.74, 6) is -0.691. The smallest absolute Gasteiger partial charge is 0.369 e. The van der Waals surface area contributed by atoms with Crippen molar-refractivity contribution in [1.29, 1.82) is 0 Å². The first kappa shape index (κ1) is 27.9. The van der Waals surface area contributed by atoms with Crippen LogP contribution in [0.25, 0.3) is 0 Å². The topological polar surface area (TPSA) is 106 Å². The van der Waals surface area contributed by atoms with E-state index in [1.807, 2.05) is 4.72 Å². The number of halogens is 6. The molecule has 1 aromatic carbocycles. The fourth-order valence-corrected chi connectivity index (χ4v) is 8.49. The highest BCUT2D eigenvalue weighted by molar-refractivity contribution is 7.89. The van der Waals surface area contributed by atoms with Crippen molar-refractivity contribution in [3.63, 3.8) is 0 Å². The number of hydrogen-bond donors (Lipinski definition) is 2. The van der Waals surface area contributed by atoms with E-state index >= 15 is 0 Å². The largest absolute Gasteiger partial charge is 0.417 e. The molecule has 5 rings (SSSR count). The van der Waals surface area contributed by atoms with Crippen LogP contribution in [-0.2, 0) is 32.0 Å². The molecule has 1 aromatic rings. The molecule has 6 nitrogen and oxygen atoms in total. The van der Waals surface area contributed by atoms with E-state index in [-0.39, 0.29) is 48.3 Å². The molecule has 3 N–H and O–H groups in total. The lowest BCUT2D eigenvalue weighted by Crippen LogP contribution is -2.57. The van der Waals surface area contributed by atoms with Crippen molar-refractivity contribution in [3.8, 4) is 0 Å². The van der Waals surface area contributed by atoms with E-state index in [2.05, 4.69) is 0 Å². The van der Waals surface area contributed by atoms with E-state index in [0.29, 0.717) is 18.8 Å². The Balaban J connectivity index is 1.57. The minimum absolute atomic E-state index is 0.0374. The zero-order chi connectivity index (χ0) is 27.8. The molecule has 4 saturated carbocycles. The van der Waals surface area contributed by atoms with Gasteiger partial charge in [-0.25, -0.2) is 8.42 Å². The second kappa shape index (κ2) is 8.69. The van der Waals surface area contributed by atoms with Crippen molar-refractivity contribution in [2.24, 2.45) is 34.8 Å². The number of amides is 1. The number of hydrogen-bond acceptors (Lipinski definition) is 4. The van der Waals surface area contributed by atoms with Crippen LogP contribution in [-0.4, -0.2) is 25.6 Å². The minimum atomic E-state index is -5.25. The Labute approximate surface area is 210 Å². The predicted octanol–water partition coefficient (Wildman–Crippen LogP) is 4.67. The molecule has 2 atom stereocenters. The summed E-state index contributed by atoms with van der Waals surface area (Å²) in [7, 11) is -5.19. The standard InChI is InChI=1S/C24H28F6N2O4S/c1-21(2,19(33)8-16-13-5-12-6-14(16)11-22(9-12,10-13)20(31)34)32-37(35,36)18-7-15(23(25,26)27)3-4-17(18)24(28,29)30/h3-4,7,12-14,16,32H,5-6,8-11H2,1-2H3,(H2,31,34). The Kier molecular flexibility index (Phi) is 6.54. The maximum atomic E-state index is 13.5. The molecule has 4 aliphatic carbocycles. The van der Waals surface area contributed by atoms with Crippen LogP contribution in [0.3, 0.4) is 0 Å². The summed E-state index contributed by atoms with van der Waals surface area (Å²) in [6.45, 7) is 2.35. The Morgan fingerprint density at radius 1 is 1.00 bits per heavy atom. The van der Waals surface area contributed by atoms with Gasteiger partial charge in [0.05, 0.1) is 21.6 Å². The third-order valence-electron chi connectivity index (χ3n) is 8.40. The third-order valence-corrected chi connectivity index (χ3v) is 10.1. The lowest BCUT2D eigenvalue weighted by atomic mass is 9.45. The number of nitrogens with one attached hydrogen (secondary N) is 1. The first-order chi connectivity index (χ1) is 16.8. The van der Waals surface area contributed by atoms with Crippen LogP contribution < -0.4 is 10.5 Å². The number of nitrogens with two attached hydrogens (primary N) is 1. The van der Waals surface area contributed by atoms with Crippen LogP contribution in [0.4, 0.5) is 26.3 Å². The fourth-order valence-electron chi connectivity index (χ4n) is 6.84. The van der Waals surface area contributed by atoms with Gasteiger partial charge >= 0.3 is 12.4 Å². The molecular formula is C24H28F6N2O4S. The van der Waals surface area contributed by atoms with Crippen LogP contribution in [0.2, 0.25) is 0 Å². The summed E-state index contributed by atoms with van der Waals surface area (Å²) in [6, 6.07) is 0.144. The van der Waals surface area contributed by atoms with Crippen molar-refractivity contribution in [1.82, 2.24) is 4.72 Å². The molecule has 0 heterocycles. The van der Waals surface area contributed by atoms with E-state index in [4.69, 9.17) is 5.73 Å².